The Bertz CT molecular complexity index is 560. The van der Waals surface area contributed by atoms with Gasteiger partial charge in [0.2, 0.25) is 0 Å². The summed E-state index contributed by atoms with van der Waals surface area (Å²) in [5.41, 5.74) is 1.61. The minimum atomic E-state index is -1.57. The molecule has 0 spiro atoms. The highest BCUT2D eigenvalue weighted by Crippen LogP contribution is 2.36. The first-order chi connectivity index (χ1) is 11.4. The fourth-order valence-corrected chi connectivity index (χ4v) is 3.12. The SMILES string of the molecule is COC(=O)C(Cc1c(OC)ccc(OC)c1CBr)(OC)OC(C)C. The average Bonchev–Trinajstić information content (AvgIpc) is 2.59. The van der Waals surface area contributed by atoms with Crippen LogP contribution in [0.1, 0.15) is 25.0 Å². The largest absolute Gasteiger partial charge is 0.496 e. The third kappa shape index (κ3) is 4.40. The summed E-state index contributed by atoms with van der Waals surface area (Å²) in [5, 5.41) is 0.519. The summed E-state index contributed by atoms with van der Waals surface area (Å²) < 4.78 is 27.1. The van der Waals surface area contributed by atoms with Crippen molar-refractivity contribution < 1.29 is 28.5 Å². The van der Waals surface area contributed by atoms with Gasteiger partial charge in [-0.15, -0.1) is 0 Å². The molecule has 0 aliphatic heterocycles. The number of halogens is 1. The van der Waals surface area contributed by atoms with Gasteiger partial charge in [-0.3, -0.25) is 0 Å². The van der Waals surface area contributed by atoms with Crippen LogP contribution in [0.5, 0.6) is 11.5 Å². The second-order valence-corrected chi connectivity index (χ2v) is 5.91. The number of hydrogen-bond acceptors (Lipinski definition) is 6. The highest BCUT2D eigenvalue weighted by Gasteiger charge is 2.44. The van der Waals surface area contributed by atoms with Crippen LogP contribution in [0.2, 0.25) is 0 Å². The maximum Gasteiger partial charge on any atom is 0.366 e. The van der Waals surface area contributed by atoms with Gasteiger partial charge in [0.25, 0.3) is 5.79 Å². The van der Waals surface area contributed by atoms with Gasteiger partial charge >= 0.3 is 5.97 Å². The summed E-state index contributed by atoms with van der Waals surface area (Å²) in [7, 11) is 5.87. The first kappa shape index (κ1) is 20.7. The van der Waals surface area contributed by atoms with Gasteiger partial charge in [0.1, 0.15) is 11.5 Å². The normalized spacial score (nSPS) is 13.5. The van der Waals surface area contributed by atoms with Crippen molar-refractivity contribution in [3.63, 3.8) is 0 Å². The van der Waals surface area contributed by atoms with Crippen LogP contribution in [0, 0.1) is 0 Å². The Morgan fingerprint density at radius 3 is 2.00 bits per heavy atom. The van der Waals surface area contributed by atoms with E-state index in [2.05, 4.69) is 15.9 Å². The molecule has 1 unspecified atom stereocenters. The lowest BCUT2D eigenvalue weighted by Gasteiger charge is -2.32. The Hall–Kier alpha value is -1.31. The molecule has 24 heavy (non-hydrogen) atoms. The lowest BCUT2D eigenvalue weighted by molar-refractivity contribution is -0.248. The highest BCUT2D eigenvalue weighted by atomic mass is 79.9. The molecule has 0 N–H and O–H groups in total. The van der Waals surface area contributed by atoms with Crippen LogP contribution in [0.4, 0.5) is 0 Å². The zero-order chi connectivity index (χ0) is 18.3. The zero-order valence-corrected chi connectivity index (χ0v) is 16.6. The molecule has 136 valence electrons. The van der Waals surface area contributed by atoms with E-state index in [9.17, 15) is 4.79 Å². The number of methoxy groups -OCH3 is 4. The number of hydrogen-bond donors (Lipinski definition) is 0. The van der Waals surface area contributed by atoms with Crippen molar-refractivity contribution in [2.75, 3.05) is 28.4 Å². The molecule has 1 atom stereocenters. The monoisotopic (exact) mass is 404 g/mol. The Morgan fingerprint density at radius 2 is 1.62 bits per heavy atom. The summed E-state index contributed by atoms with van der Waals surface area (Å²) in [4.78, 5) is 12.4. The average molecular weight is 405 g/mol. The fourth-order valence-electron chi connectivity index (χ4n) is 2.51. The van der Waals surface area contributed by atoms with Gasteiger partial charge in [0.05, 0.1) is 27.4 Å². The number of carbonyl (C=O) groups is 1. The summed E-state index contributed by atoms with van der Waals surface area (Å²) >= 11 is 3.46. The van der Waals surface area contributed by atoms with E-state index in [4.69, 9.17) is 23.7 Å². The van der Waals surface area contributed by atoms with Gasteiger partial charge < -0.3 is 23.7 Å². The predicted octanol–water partition coefficient (Wildman–Crippen LogP) is 3.08. The van der Waals surface area contributed by atoms with Crippen LogP contribution in [-0.4, -0.2) is 46.3 Å². The Morgan fingerprint density at radius 1 is 1.08 bits per heavy atom. The number of alkyl halides is 1. The molecular formula is C17H25BrO6. The second kappa shape index (κ2) is 9.25. The number of benzene rings is 1. The van der Waals surface area contributed by atoms with Gasteiger partial charge in [-0.1, -0.05) is 15.9 Å². The van der Waals surface area contributed by atoms with Crippen LogP contribution in [0.3, 0.4) is 0 Å². The summed E-state index contributed by atoms with van der Waals surface area (Å²) in [6.07, 6.45) is -0.122. The molecule has 1 aromatic rings. The van der Waals surface area contributed by atoms with Crippen molar-refractivity contribution in [1.82, 2.24) is 0 Å². The number of ether oxygens (including phenoxy) is 5. The third-order valence-electron chi connectivity index (χ3n) is 3.58. The molecule has 0 saturated carbocycles. The van der Waals surface area contributed by atoms with Crippen molar-refractivity contribution in [1.29, 1.82) is 0 Å². The smallest absolute Gasteiger partial charge is 0.366 e. The lowest BCUT2D eigenvalue weighted by Crippen LogP contribution is -2.48. The molecule has 0 bridgehead atoms. The van der Waals surface area contributed by atoms with E-state index in [1.807, 2.05) is 19.9 Å². The summed E-state index contributed by atoms with van der Waals surface area (Å²) in [6, 6.07) is 3.60. The van der Waals surface area contributed by atoms with E-state index in [-0.39, 0.29) is 12.5 Å². The summed E-state index contributed by atoms with van der Waals surface area (Å²) in [6.45, 7) is 3.65. The number of esters is 1. The molecule has 0 amide bonds. The number of carbonyl (C=O) groups excluding carboxylic acids is 1. The second-order valence-electron chi connectivity index (χ2n) is 5.35. The molecule has 0 heterocycles. The van der Waals surface area contributed by atoms with Crippen molar-refractivity contribution in [2.24, 2.45) is 0 Å². The molecule has 6 nitrogen and oxygen atoms in total. The van der Waals surface area contributed by atoms with Crippen molar-refractivity contribution in [3.8, 4) is 11.5 Å². The van der Waals surface area contributed by atoms with Crippen LogP contribution >= 0.6 is 15.9 Å². The molecule has 0 aliphatic carbocycles. The van der Waals surface area contributed by atoms with Gasteiger partial charge in [-0.2, -0.15) is 0 Å². The van der Waals surface area contributed by atoms with Crippen LogP contribution in [0.15, 0.2) is 12.1 Å². The Labute approximate surface area is 151 Å². The maximum atomic E-state index is 12.4. The van der Waals surface area contributed by atoms with Gasteiger partial charge in [0.15, 0.2) is 0 Å². The third-order valence-corrected chi connectivity index (χ3v) is 4.14. The first-order valence-corrected chi connectivity index (χ1v) is 8.61. The van der Waals surface area contributed by atoms with Crippen molar-refractivity contribution >= 4 is 21.9 Å². The van der Waals surface area contributed by atoms with Gasteiger partial charge in [0, 0.05) is 30.0 Å². The topological polar surface area (TPSA) is 63.2 Å². The van der Waals surface area contributed by atoms with Gasteiger partial charge in [-0.05, 0) is 26.0 Å². The molecule has 1 aromatic carbocycles. The van der Waals surface area contributed by atoms with E-state index < -0.39 is 11.8 Å². The Balaban J connectivity index is 3.48. The van der Waals surface area contributed by atoms with Crippen molar-refractivity contribution in [2.45, 2.75) is 37.5 Å². The highest BCUT2D eigenvalue weighted by molar-refractivity contribution is 9.08. The molecule has 0 fully saturated rings. The molecule has 0 saturated heterocycles. The fraction of sp³-hybridized carbons (Fsp3) is 0.588. The number of rotatable bonds is 9. The van der Waals surface area contributed by atoms with Crippen LogP contribution < -0.4 is 9.47 Å². The van der Waals surface area contributed by atoms with E-state index in [1.165, 1.54) is 14.2 Å². The van der Waals surface area contributed by atoms with E-state index >= 15 is 0 Å². The van der Waals surface area contributed by atoms with Crippen LogP contribution in [0.25, 0.3) is 0 Å². The summed E-state index contributed by atoms with van der Waals surface area (Å²) in [5.74, 6) is -0.881. The van der Waals surface area contributed by atoms with E-state index in [1.54, 1.807) is 20.3 Å². The zero-order valence-electron chi connectivity index (χ0n) is 15.0. The molecular weight excluding hydrogens is 380 g/mol. The Kier molecular flexibility index (Phi) is 7.99. The molecule has 0 radical (unpaired) electrons. The minimum Gasteiger partial charge on any atom is -0.496 e. The predicted molar refractivity (Wildman–Crippen MR) is 93.9 cm³/mol. The van der Waals surface area contributed by atoms with E-state index in [0.29, 0.717) is 16.8 Å². The van der Waals surface area contributed by atoms with Gasteiger partial charge in [-0.25, -0.2) is 4.79 Å². The first-order valence-electron chi connectivity index (χ1n) is 7.49. The molecule has 7 heteroatoms. The van der Waals surface area contributed by atoms with E-state index in [0.717, 1.165) is 11.1 Å². The standard InChI is InChI=1S/C17H25BrO6/c1-11(2)24-17(23-6,16(19)22-5)9-12-13(10-18)15(21-4)8-7-14(12)20-3/h7-8,11H,9-10H2,1-6H3. The quantitative estimate of drug-likeness (QED) is 0.358. The van der Waals surface area contributed by atoms with Crippen LogP contribution in [-0.2, 0) is 30.8 Å². The molecule has 1 rings (SSSR count). The lowest BCUT2D eigenvalue weighted by atomic mass is 9.97. The van der Waals surface area contributed by atoms with Crippen molar-refractivity contribution in [3.05, 3.63) is 23.3 Å². The minimum absolute atomic E-state index is 0.121. The molecule has 0 aliphatic rings. The molecule has 0 aromatic heterocycles. The maximum absolute atomic E-state index is 12.4.